The number of benzene rings is 1. The molecule has 1 nitrogen and oxygen atoms in total. The number of rotatable bonds is 1. The molecule has 3 saturated carbocycles. The fraction of sp³-hybridized carbons (Fsp3) is 0.684. The molecule has 0 radical (unpaired) electrons. The molecule has 0 aromatic heterocycles. The van der Waals surface area contributed by atoms with Crippen LogP contribution in [-0.4, -0.2) is 5.11 Å². The van der Waals surface area contributed by atoms with Crippen LogP contribution < -0.4 is 0 Å². The molecule has 0 heterocycles. The Labute approximate surface area is 136 Å². The summed E-state index contributed by atoms with van der Waals surface area (Å²) >= 11 is 3.53. The molecular formula is C19H25BrO. The zero-order valence-corrected chi connectivity index (χ0v) is 14.2. The number of aliphatic hydroxyl groups is 1. The van der Waals surface area contributed by atoms with E-state index in [0.29, 0.717) is 11.8 Å². The molecule has 0 amide bonds. The predicted octanol–water partition coefficient (Wildman–Crippen LogP) is 5.26. The van der Waals surface area contributed by atoms with Crippen LogP contribution in [0.2, 0.25) is 0 Å². The second kappa shape index (κ2) is 5.38. The summed E-state index contributed by atoms with van der Waals surface area (Å²) in [5.74, 6) is 2.55. The average molecular weight is 349 g/mol. The van der Waals surface area contributed by atoms with Crippen LogP contribution in [0.5, 0.6) is 0 Å². The molecule has 3 aliphatic rings. The normalized spacial score (nSPS) is 42.4. The van der Waals surface area contributed by atoms with Crippen molar-refractivity contribution in [3.05, 3.63) is 34.3 Å². The van der Waals surface area contributed by atoms with E-state index in [9.17, 15) is 5.11 Å². The molecule has 1 aromatic rings. The summed E-state index contributed by atoms with van der Waals surface area (Å²) in [5, 5.41) is 11.8. The highest BCUT2D eigenvalue weighted by Gasteiger charge is 2.60. The van der Waals surface area contributed by atoms with Crippen molar-refractivity contribution in [1.29, 1.82) is 0 Å². The highest BCUT2D eigenvalue weighted by molar-refractivity contribution is 9.10. The van der Waals surface area contributed by atoms with Gasteiger partial charge in [0.15, 0.2) is 0 Å². The van der Waals surface area contributed by atoms with Gasteiger partial charge in [-0.05, 0) is 67.1 Å². The Morgan fingerprint density at radius 2 is 1.29 bits per heavy atom. The quantitative estimate of drug-likeness (QED) is 0.733. The summed E-state index contributed by atoms with van der Waals surface area (Å²) in [6.07, 6.45) is 10.5. The molecule has 21 heavy (non-hydrogen) atoms. The first kappa shape index (κ1) is 14.3. The van der Waals surface area contributed by atoms with Crippen molar-refractivity contribution in [2.24, 2.45) is 23.7 Å². The second-order valence-electron chi connectivity index (χ2n) is 7.44. The SMILES string of the molecule is OC1(c2ccc(Br)cc2)C2CCCCC2C2CCCCC21. The molecule has 3 aliphatic carbocycles. The molecule has 4 unspecified atom stereocenters. The Morgan fingerprint density at radius 3 is 1.81 bits per heavy atom. The maximum Gasteiger partial charge on any atom is 0.0958 e. The monoisotopic (exact) mass is 348 g/mol. The molecule has 0 saturated heterocycles. The molecule has 0 aliphatic heterocycles. The highest BCUT2D eigenvalue weighted by atomic mass is 79.9. The minimum atomic E-state index is -0.559. The Bertz CT molecular complexity index is 487. The van der Waals surface area contributed by atoms with Crippen LogP contribution in [0.3, 0.4) is 0 Å². The van der Waals surface area contributed by atoms with Crippen molar-refractivity contribution in [2.45, 2.75) is 57.0 Å². The summed E-state index contributed by atoms with van der Waals surface area (Å²) in [6, 6.07) is 8.52. The number of hydrogen-bond acceptors (Lipinski definition) is 1. The number of fused-ring (bicyclic) bond motifs is 3. The number of halogens is 1. The summed E-state index contributed by atoms with van der Waals surface area (Å²) in [6.45, 7) is 0. The van der Waals surface area contributed by atoms with E-state index in [1.807, 2.05) is 0 Å². The molecule has 4 rings (SSSR count). The minimum Gasteiger partial charge on any atom is -0.385 e. The van der Waals surface area contributed by atoms with Gasteiger partial charge in [0.25, 0.3) is 0 Å². The maximum atomic E-state index is 11.8. The van der Waals surface area contributed by atoms with Gasteiger partial charge in [-0.25, -0.2) is 0 Å². The largest absolute Gasteiger partial charge is 0.385 e. The molecule has 0 spiro atoms. The van der Waals surface area contributed by atoms with Crippen LogP contribution in [0.25, 0.3) is 0 Å². The van der Waals surface area contributed by atoms with Gasteiger partial charge in [-0.3, -0.25) is 0 Å². The van der Waals surface area contributed by atoms with Crippen LogP contribution in [0, 0.1) is 23.7 Å². The fourth-order valence-corrected chi connectivity index (χ4v) is 6.12. The predicted molar refractivity (Wildman–Crippen MR) is 88.9 cm³/mol. The van der Waals surface area contributed by atoms with Crippen molar-refractivity contribution in [3.8, 4) is 0 Å². The Hall–Kier alpha value is -0.340. The van der Waals surface area contributed by atoms with E-state index in [1.165, 1.54) is 56.9 Å². The maximum absolute atomic E-state index is 11.8. The van der Waals surface area contributed by atoms with Crippen LogP contribution in [-0.2, 0) is 5.60 Å². The molecular weight excluding hydrogens is 324 g/mol. The third-order valence-corrected chi connectivity index (χ3v) is 7.15. The third-order valence-electron chi connectivity index (χ3n) is 6.63. The molecule has 2 heteroatoms. The van der Waals surface area contributed by atoms with E-state index >= 15 is 0 Å². The van der Waals surface area contributed by atoms with Crippen molar-refractivity contribution in [3.63, 3.8) is 0 Å². The van der Waals surface area contributed by atoms with Crippen molar-refractivity contribution in [1.82, 2.24) is 0 Å². The molecule has 4 atom stereocenters. The molecule has 0 bridgehead atoms. The van der Waals surface area contributed by atoms with Gasteiger partial charge in [-0.1, -0.05) is 53.7 Å². The van der Waals surface area contributed by atoms with E-state index in [1.54, 1.807) is 0 Å². The first-order valence-electron chi connectivity index (χ1n) is 8.69. The van der Waals surface area contributed by atoms with E-state index in [0.717, 1.165) is 16.3 Å². The zero-order chi connectivity index (χ0) is 14.4. The van der Waals surface area contributed by atoms with Crippen LogP contribution in [0.15, 0.2) is 28.7 Å². The van der Waals surface area contributed by atoms with Crippen LogP contribution in [0.4, 0.5) is 0 Å². The first-order valence-corrected chi connectivity index (χ1v) is 9.49. The lowest BCUT2D eigenvalue weighted by Gasteiger charge is -2.39. The van der Waals surface area contributed by atoms with Gasteiger partial charge >= 0.3 is 0 Å². The van der Waals surface area contributed by atoms with E-state index < -0.39 is 5.60 Å². The van der Waals surface area contributed by atoms with Gasteiger partial charge in [0.2, 0.25) is 0 Å². The molecule has 114 valence electrons. The van der Waals surface area contributed by atoms with Gasteiger partial charge in [-0.15, -0.1) is 0 Å². The van der Waals surface area contributed by atoms with Gasteiger partial charge in [0.05, 0.1) is 5.60 Å². The summed E-state index contributed by atoms with van der Waals surface area (Å²) in [4.78, 5) is 0. The zero-order valence-electron chi connectivity index (χ0n) is 12.6. The lowest BCUT2D eigenvalue weighted by atomic mass is 9.71. The third kappa shape index (κ3) is 2.13. The van der Waals surface area contributed by atoms with Gasteiger partial charge in [0.1, 0.15) is 0 Å². The Morgan fingerprint density at radius 1 is 0.810 bits per heavy atom. The highest BCUT2D eigenvalue weighted by Crippen LogP contribution is 2.62. The lowest BCUT2D eigenvalue weighted by Crippen LogP contribution is -2.39. The fourth-order valence-electron chi connectivity index (χ4n) is 5.86. The minimum absolute atomic E-state index is 0.500. The summed E-state index contributed by atoms with van der Waals surface area (Å²) in [7, 11) is 0. The van der Waals surface area contributed by atoms with Gasteiger partial charge in [0, 0.05) is 4.47 Å². The van der Waals surface area contributed by atoms with Crippen LogP contribution in [0.1, 0.15) is 56.9 Å². The standard InChI is InChI=1S/C19H25BrO/c20-14-11-9-13(10-12-14)19(21)17-7-3-1-5-15(17)16-6-2-4-8-18(16)19/h9-12,15-18,21H,1-8H2. The summed E-state index contributed by atoms with van der Waals surface area (Å²) in [5.41, 5.74) is 0.619. The lowest BCUT2D eigenvalue weighted by molar-refractivity contribution is -0.0650. The van der Waals surface area contributed by atoms with Crippen molar-refractivity contribution in [2.75, 3.05) is 0 Å². The van der Waals surface area contributed by atoms with Crippen molar-refractivity contribution < 1.29 is 5.11 Å². The smallest absolute Gasteiger partial charge is 0.0958 e. The molecule has 3 fully saturated rings. The summed E-state index contributed by atoms with van der Waals surface area (Å²) < 4.78 is 1.10. The van der Waals surface area contributed by atoms with E-state index in [2.05, 4.69) is 40.2 Å². The van der Waals surface area contributed by atoms with Crippen LogP contribution >= 0.6 is 15.9 Å². The van der Waals surface area contributed by atoms with Crippen molar-refractivity contribution >= 4 is 15.9 Å². The van der Waals surface area contributed by atoms with E-state index in [4.69, 9.17) is 0 Å². The molecule has 1 N–H and O–H groups in total. The topological polar surface area (TPSA) is 20.2 Å². The van der Waals surface area contributed by atoms with Gasteiger partial charge < -0.3 is 5.11 Å². The Balaban J connectivity index is 1.78. The Kier molecular flexibility index (Phi) is 3.66. The first-order chi connectivity index (χ1) is 10.2. The average Bonchev–Trinajstić information content (AvgIpc) is 2.80. The molecule has 1 aromatic carbocycles. The van der Waals surface area contributed by atoms with E-state index in [-0.39, 0.29) is 0 Å². The second-order valence-corrected chi connectivity index (χ2v) is 8.36. The van der Waals surface area contributed by atoms with Gasteiger partial charge in [-0.2, -0.15) is 0 Å². The number of hydrogen-bond donors (Lipinski definition) is 1.